The summed E-state index contributed by atoms with van der Waals surface area (Å²) >= 11 is 0. The second-order valence-corrected chi connectivity index (χ2v) is 3.37. The van der Waals surface area contributed by atoms with Crippen LogP contribution in [0.3, 0.4) is 0 Å². The molecular formula is C8H14F3NO3. The molecule has 1 aliphatic heterocycles. The molecule has 1 heterocycles. The first-order chi connectivity index (χ1) is 6.86. The van der Waals surface area contributed by atoms with Gasteiger partial charge in [0, 0.05) is 19.1 Å². The van der Waals surface area contributed by atoms with Gasteiger partial charge in [-0.15, -0.1) is 0 Å². The minimum absolute atomic E-state index is 0.0571. The Balaban J connectivity index is 2.68. The zero-order valence-corrected chi connectivity index (χ0v) is 8.20. The minimum atomic E-state index is -4.63. The topological polar surface area (TPSA) is 64.7 Å². The van der Waals surface area contributed by atoms with E-state index in [1.807, 2.05) is 0 Å². The summed E-state index contributed by atoms with van der Waals surface area (Å²) in [5, 5.41) is 9.23. The summed E-state index contributed by atoms with van der Waals surface area (Å²) in [6.45, 7) is 1.88. The maximum atomic E-state index is 12.4. The Morgan fingerprint density at radius 2 is 2.13 bits per heavy atom. The number of hydrogen-bond donors (Lipinski definition) is 2. The lowest BCUT2D eigenvalue weighted by molar-refractivity contribution is -0.314. The Bertz CT molecular complexity index is 212. The van der Waals surface area contributed by atoms with Gasteiger partial charge in [0.15, 0.2) is 12.4 Å². The van der Waals surface area contributed by atoms with Crippen LogP contribution >= 0.6 is 0 Å². The lowest BCUT2D eigenvalue weighted by Crippen LogP contribution is -2.58. The van der Waals surface area contributed by atoms with Gasteiger partial charge in [-0.2, -0.15) is 13.2 Å². The van der Waals surface area contributed by atoms with Gasteiger partial charge in [0.2, 0.25) is 0 Å². The highest BCUT2D eigenvalue weighted by Gasteiger charge is 2.51. The number of nitrogens with two attached hydrogens (primary N) is 1. The van der Waals surface area contributed by atoms with E-state index < -0.39 is 30.7 Å². The van der Waals surface area contributed by atoms with Crippen molar-refractivity contribution in [1.82, 2.24) is 0 Å². The van der Waals surface area contributed by atoms with Crippen LogP contribution in [0.25, 0.3) is 0 Å². The molecule has 1 saturated heterocycles. The van der Waals surface area contributed by atoms with Gasteiger partial charge >= 0.3 is 6.18 Å². The van der Waals surface area contributed by atoms with Crippen LogP contribution in [-0.2, 0) is 9.47 Å². The van der Waals surface area contributed by atoms with E-state index in [0.717, 1.165) is 0 Å². The Morgan fingerprint density at radius 3 is 2.60 bits per heavy atom. The van der Waals surface area contributed by atoms with Crippen molar-refractivity contribution in [2.75, 3.05) is 6.61 Å². The van der Waals surface area contributed by atoms with Crippen LogP contribution in [0.2, 0.25) is 0 Å². The summed E-state index contributed by atoms with van der Waals surface area (Å²) < 4.78 is 46.7. The number of hydrogen-bond acceptors (Lipinski definition) is 4. The van der Waals surface area contributed by atoms with Crippen molar-refractivity contribution >= 4 is 0 Å². The van der Waals surface area contributed by atoms with Crippen LogP contribution < -0.4 is 5.73 Å². The van der Waals surface area contributed by atoms with Gasteiger partial charge in [0.05, 0.1) is 0 Å². The molecule has 0 aliphatic carbocycles. The maximum Gasteiger partial charge on any atom is 0.417 e. The van der Waals surface area contributed by atoms with Gasteiger partial charge < -0.3 is 20.3 Å². The van der Waals surface area contributed by atoms with Crippen molar-refractivity contribution in [2.24, 2.45) is 5.73 Å². The van der Waals surface area contributed by atoms with E-state index >= 15 is 0 Å². The molecule has 4 atom stereocenters. The standard InChI is InChI=1S/C8H14F3NO3/c1-2-14-5-3-4(12)6(13)7(15-5)8(9,10)11/h4-7,13H,2-3,12H2,1H3/t4-,5-,6+,7+/m0/s1. The van der Waals surface area contributed by atoms with Crippen LogP contribution in [0.5, 0.6) is 0 Å². The second-order valence-electron chi connectivity index (χ2n) is 3.37. The molecule has 1 fully saturated rings. The molecule has 0 unspecified atom stereocenters. The molecule has 4 nitrogen and oxygen atoms in total. The third-order valence-corrected chi connectivity index (χ3v) is 2.19. The smallest absolute Gasteiger partial charge is 0.388 e. The van der Waals surface area contributed by atoms with Crippen molar-refractivity contribution in [3.05, 3.63) is 0 Å². The first kappa shape index (κ1) is 12.7. The van der Waals surface area contributed by atoms with E-state index in [1.165, 1.54) is 0 Å². The predicted octanol–water partition coefficient (Wildman–Crippen LogP) is 0.388. The normalized spacial score (nSPS) is 38.0. The second kappa shape index (κ2) is 4.65. The molecule has 0 aromatic carbocycles. The quantitative estimate of drug-likeness (QED) is 0.718. The SMILES string of the molecule is CCO[C@@H]1C[C@H](N)[C@@H](O)[C@H](C(F)(F)F)O1. The summed E-state index contributed by atoms with van der Waals surface area (Å²) in [4.78, 5) is 0. The van der Waals surface area contributed by atoms with Gasteiger partial charge in [0.1, 0.15) is 6.10 Å². The van der Waals surface area contributed by atoms with E-state index in [-0.39, 0.29) is 13.0 Å². The van der Waals surface area contributed by atoms with E-state index in [0.29, 0.717) is 0 Å². The monoisotopic (exact) mass is 229 g/mol. The number of halogens is 3. The fraction of sp³-hybridized carbons (Fsp3) is 1.00. The average Bonchev–Trinajstić information content (AvgIpc) is 2.09. The molecule has 0 saturated carbocycles. The summed E-state index contributed by atoms with van der Waals surface area (Å²) in [6, 6.07) is -0.984. The summed E-state index contributed by atoms with van der Waals surface area (Å²) in [5.41, 5.74) is 5.38. The molecule has 0 aromatic rings. The third kappa shape index (κ3) is 3.04. The van der Waals surface area contributed by atoms with Crippen LogP contribution in [-0.4, -0.2) is 42.4 Å². The van der Waals surface area contributed by atoms with Crippen molar-refractivity contribution in [2.45, 2.75) is 44.1 Å². The number of aliphatic hydroxyl groups excluding tert-OH is 1. The molecule has 0 radical (unpaired) electrons. The van der Waals surface area contributed by atoms with Crippen LogP contribution in [0.15, 0.2) is 0 Å². The number of alkyl halides is 3. The van der Waals surface area contributed by atoms with Gasteiger partial charge in [-0.1, -0.05) is 0 Å². The highest BCUT2D eigenvalue weighted by molar-refractivity contribution is 4.89. The van der Waals surface area contributed by atoms with E-state index in [9.17, 15) is 18.3 Å². The molecule has 90 valence electrons. The van der Waals surface area contributed by atoms with Crippen molar-refractivity contribution in [3.8, 4) is 0 Å². The highest BCUT2D eigenvalue weighted by atomic mass is 19.4. The molecule has 3 N–H and O–H groups in total. The zero-order valence-electron chi connectivity index (χ0n) is 8.20. The van der Waals surface area contributed by atoms with Crippen LogP contribution in [0.1, 0.15) is 13.3 Å². The molecule has 0 bridgehead atoms. The van der Waals surface area contributed by atoms with Gasteiger partial charge in [-0.3, -0.25) is 0 Å². The first-order valence-electron chi connectivity index (χ1n) is 4.63. The molecule has 1 rings (SSSR count). The van der Waals surface area contributed by atoms with Gasteiger partial charge in [-0.05, 0) is 6.92 Å². The highest BCUT2D eigenvalue weighted by Crippen LogP contribution is 2.32. The number of aliphatic hydroxyl groups is 1. The molecule has 7 heteroatoms. The van der Waals surface area contributed by atoms with E-state index in [4.69, 9.17) is 10.5 Å². The Labute approximate surface area is 85.1 Å². The van der Waals surface area contributed by atoms with Crippen LogP contribution in [0, 0.1) is 0 Å². The Morgan fingerprint density at radius 1 is 1.53 bits per heavy atom. The maximum absolute atomic E-state index is 12.4. The molecule has 15 heavy (non-hydrogen) atoms. The largest absolute Gasteiger partial charge is 0.417 e. The lowest BCUT2D eigenvalue weighted by atomic mass is 9.99. The van der Waals surface area contributed by atoms with Crippen molar-refractivity contribution in [1.29, 1.82) is 0 Å². The number of ether oxygens (including phenoxy) is 2. The summed E-state index contributed by atoms with van der Waals surface area (Å²) in [6.07, 6.45) is -9.58. The minimum Gasteiger partial charge on any atom is -0.388 e. The molecule has 1 aliphatic rings. The Hall–Kier alpha value is -0.370. The lowest BCUT2D eigenvalue weighted by Gasteiger charge is -2.38. The fourth-order valence-corrected chi connectivity index (χ4v) is 1.45. The predicted molar refractivity (Wildman–Crippen MR) is 44.9 cm³/mol. The van der Waals surface area contributed by atoms with Crippen molar-refractivity contribution in [3.63, 3.8) is 0 Å². The zero-order chi connectivity index (χ0) is 11.6. The molecule has 0 amide bonds. The molecule has 0 aromatic heterocycles. The van der Waals surface area contributed by atoms with Crippen LogP contribution in [0.4, 0.5) is 13.2 Å². The summed E-state index contributed by atoms with van der Waals surface area (Å²) in [7, 11) is 0. The van der Waals surface area contributed by atoms with E-state index in [2.05, 4.69) is 4.74 Å². The van der Waals surface area contributed by atoms with Crippen molar-refractivity contribution < 1.29 is 27.8 Å². The molecular weight excluding hydrogens is 215 g/mol. The number of rotatable bonds is 2. The fourth-order valence-electron chi connectivity index (χ4n) is 1.45. The average molecular weight is 229 g/mol. The molecule has 0 spiro atoms. The third-order valence-electron chi connectivity index (χ3n) is 2.19. The Kier molecular flexibility index (Phi) is 3.93. The van der Waals surface area contributed by atoms with Gasteiger partial charge in [-0.25, -0.2) is 0 Å². The summed E-state index contributed by atoms with van der Waals surface area (Å²) in [5.74, 6) is 0. The van der Waals surface area contributed by atoms with E-state index in [1.54, 1.807) is 6.92 Å². The first-order valence-corrected chi connectivity index (χ1v) is 4.63. The van der Waals surface area contributed by atoms with Gasteiger partial charge in [0.25, 0.3) is 0 Å².